The van der Waals surface area contributed by atoms with Crippen molar-refractivity contribution < 1.29 is 0 Å². The average molecular weight is 259 g/mol. The maximum absolute atomic E-state index is 5.67. The molecule has 0 aromatic carbocycles. The summed E-state index contributed by atoms with van der Waals surface area (Å²) >= 11 is 0. The fourth-order valence-corrected chi connectivity index (χ4v) is 2.26. The van der Waals surface area contributed by atoms with Gasteiger partial charge >= 0.3 is 0 Å². The monoisotopic (exact) mass is 259 g/mol. The van der Waals surface area contributed by atoms with Crippen LogP contribution in [0.4, 0.5) is 0 Å². The second-order valence-electron chi connectivity index (χ2n) is 4.65. The summed E-state index contributed by atoms with van der Waals surface area (Å²) in [6.45, 7) is 3.73. The normalized spacial score (nSPS) is 12.7. The van der Waals surface area contributed by atoms with Crippen molar-refractivity contribution in [1.82, 2.24) is 20.0 Å². The number of unbranched alkanes of at least 4 members (excludes halogenated alkanes) is 3. The third kappa shape index (κ3) is 3.39. The van der Waals surface area contributed by atoms with Gasteiger partial charge < -0.3 is 0 Å². The largest absolute Gasteiger partial charge is 0.271 e. The second kappa shape index (κ2) is 7.01. The number of aromatic nitrogens is 3. The van der Waals surface area contributed by atoms with E-state index in [1.54, 1.807) is 6.20 Å². The fraction of sp³-hybridized carbons (Fsp3) is 0.429. The summed E-state index contributed by atoms with van der Waals surface area (Å²) in [5.41, 5.74) is 5.01. The molecule has 0 saturated heterocycles. The number of hydrogen-bond acceptors (Lipinski definition) is 4. The van der Waals surface area contributed by atoms with Gasteiger partial charge in [0.15, 0.2) is 0 Å². The van der Waals surface area contributed by atoms with Crippen LogP contribution in [0.2, 0.25) is 0 Å². The van der Waals surface area contributed by atoms with Gasteiger partial charge in [-0.05, 0) is 19.3 Å². The maximum atomic E-state index is 5.67. The maximum Gasteiger partial charge on any atom is 0.0893 e. The van der Waals surface area contributed by atoms with Crippen molar-refractivity contribution in [2.45, 2.75) is 38.1 Å². The molecule has 2 heterocycles. The first-order valence-corrected chi connectivity index (χ1v) is 6.71. The van der Waals surface area contributed by atoms with E-state index in [9.17, 15) is 0 Å². The summed E-state index contributed by atoms with van der Waals surface area (Å²) in [4.78, 5) is 4.14. The van der Waals surface area contributed by atoms with Crippen molar-refractivity contribution >= 4 is 5.52 Å². The van der Waals surface area contributed by atoms with Gasteiger partial charge in [-0.2, -0.15) is 5.10 Å². The molecule has 1 unspecified atom stereocenters. The molecule has 2 aromatic rings. The van der Waals surface area contributed by atoms with E-state index in [0.717, 1.165) is 30.3 Å². The van der Waals surface area contributed by atoms with Crippen molar-refractivity contribution in [1.29, 1.82) is 0 Å². The minimum absolute atomic E-state index is 0.130. The highest BCUT2D eigenvalue weighted by Crippen LogP contribution is 2.23. The lowest BCUT2D eigenvalue weighted by atomic mass is 10.0. The third-order valence-corrected chi connectivity index (χ3v) is 3.33. The van der Waals surface area contributed by atoms with Crippen molar-refractivity contribution in [3.63, 3.8) is 0 Å². The van der Waals surface area contributed by atoms with E-state index in [1.165, 1.54) is 12.8 Å². The topological polar surface area (TPSA) is 68.2 Å². The highest BCUT2D eigenvalue weighted by molar-refractivity contribution is 5.53. The molecule has 0 aliphatic heterocycles. The van der Waals surface area contributed by atoms with Crippen LogP contribution < -0.4 is 11.3 Å². The molecule has 2 rings (SSSR count). The van der Waals surface area contributed by atoms with Crippen LogP contribution in [0.1, 0.15) is 43.7 Å². The Hall–Kier alpha value is -1.72. The number of hydrazine groups is 1. The zero-order chi connectivity index (χ0) is 13.5. The number of fused-ring (bicyclic) bond motifs is 1. The van der Waals surface area contributed by atoms with Crippen LogP contribution in [0.25, 0.3) is 5.52 Å². The molecular weight excluding hydrogens is 238 g/mol. The van der Waals surface area contributed by atoms with Crippen molar-refractivity contribution in [3.05, 3.63) is 43.0 Å². The van der Waals surface area contributed by atoms with Crippen LogP contribution in [-0.2, 0) is 0 Å². The molecule has 3 N–H and O–H groups in total. The molecule has 5 nitrogen and oxygen atoms in total. The fourth-order valence-electron chi connectivity index (χ4n) is 2.26. The van der Waals surface area contributed by atoms with E-state index >= 15 is 0 Å². The van der Waals surface area contributed by atoms with Crippen LogP contribution in [0.3, 0.4) is 0 Å². The van der Waals surface area contributed by atoms with Crippen LogP contribution in [0.15, 0.2) is 37.4 Å². The quantitative estimate of drug-likeness (QED) is 0.330. The summed E-state index contributed by atoms with van der Waals surface area (Å²) < 4.78 is 1.82. The number of allylic oxidation sites excluding steroid dienone is 1. The predicted octanol–water partition coefficient (Wildman–Crippen LogP) is 2.37. The third-order valence-electron chi connectivity index (χ3n) is 3.33. The molecule has 102 valence electrons. The average Bonchev–Trinajstić information content (AvgIpc) is 2.87. The van der Waals surface area contributed by atoms with Crippen molar-refractivity contribution in [3.8, 4) is 0 Å². The smallest absolute Gasteiger partial charge is 0.0893 e. The lowest BCUT2D eigenvalue weighted by Gasteiger charge is -2.14. The molecule has 0 spiro atoms. The van der Waals surface area contributed by atoms with Gasteiger partial charge in [0.2, 0.25) is 0 Å². The zero-order valence-corrected chi connectivity index (χ0v) is 11.1. The first kappa shape index (κ1) is 13.7. The Morgan fingerprint density at radius 3 is 3.05 bits per heavy atom. The Morgan fingerprint density at radius 1 is 1.37 bits per heavy atom. The summed E-state index contributed by atoms with van der Waals surface area (Å²) in [6, 6.07) is 0.130. The van der Waals surface area contributed by atoms with E-state index in [4.69, 9.17) is 5.84 Å². The Bertz CT molecular complexity index is 519. The van der Waals surface area contributed by atoms with E-state index in [-0.39, 0.29) is 6.04 Å². The Kier molecular flexibility index (Phi) is 5.06. The minimum atomic E-state index is 0.130. The van der Waals surface area contributed by atoms with Crippen molar-refractivity contribution in [2.75, 3.05) is 0 Å². The van der Waals surface area contributed by atoms with E-state index in [0.29, 0.717) is 0 Å². The Morgan fingerprint density at radius 2 is 2.26 bits per heavy atom. The molecule has 0 aliphatic rings. The van der Waals surface area contributed by atoms with Crippen LogP contribution in [-0.4, -0.2) is 14.6 Å². The molecule has 1 atom stereocenters. The first-order valence-electron chi connectivity index (χ1n) is 6.71. The summed E-state index contributed by atoms with van der Waals surface area (Å²) in [6.07, 6.45) is 14.8. The van der Waals surface area contributed by atoms with Gasteiger partial charge in [0.25, 0.3) is 0 Å². The van der Waals surface area contributed by atoms with Crippen molar-refractivity contribution in [2.24, 2.45) is 5.84 Å². The minimum Gasteiger partial charge on any atom is -0.271 e. The van der Waals surface area contributed by atoms with Gasteiger partial charge in [-0.25, -0.2) is 4.52 Å². The highest BCUT2D eigenvalue weighted by Gasteiger charge is 2.14. The zero-order valence-electron chi connectivity index (χ0n) is 11.1. The number of hydrogen-bond donors (Lipinski definition) is 2. The molecule has 2 aromatic heterocycles. The van der Waals surface area contributed by atoms with Crippen LogP contribution in [0, 0.1) is 0 Å². The molecule has 0 bridgehead atoms. The van der Waals surface area contributed by atoms with Gasteiger partial charge in [0.1, 0.15) is 0 Å². The Balaban J connectivity index is 1.99. The molecular formula is C14H21N5. The van der Waals surface area contributed by atoms with Gasteiger partial charge in [-0.3, -0.25) is 16.3 Å². The lowest BCUT2D eigenvalue weighted by Crippen LogP contribution is -2.27. The van der Waals surface area contributed by atoms with Gasteiger partial charge in [0.05, 0.1) is 17.9 Å². The summed E-state index contributed by atoms with van der Waals surface area (Å²) in [5, 5.41) is 4.31. The van der Waals surface area contributed by atoms with Crippen LogP contribution >= 0.6 is 0 Å². The molecule has 0 fully saturated rings. The SMILES string of the molecule is C=CCCCCCC(NN)c1cnn2ccncc12. The number of nitrogens with two attached hydrogens (primary N) is 1. The van der Waals surface area contributed by atoms with E-state index in [2.05, 4.69) is 22.1 Å². The van der Waals surface area contributed by atoms with Gasteiger partial charge in [0, 0.05) is 24.0 Å². The molecule has 0 radical (unpaired) electrons. The molecule has 19 heavy (non-hydrogen) atoms. The standard InChI is InChI=1S/C14H21N5/c1-2-3-4-5-6-7-13(18-15)12-10-17-19-9-8-16-11-14(12)19/h2,8-11,13,18H,1,3-7,15H2. The summed E-state index contributed by atoms with van der Waals surface area (Å²) in [7, 11) is 0. The molecule has 0 aliphatic carbocycles. The van der Waals surface area contributed by atoms with Gasteiger partial charge in [-0.1, -0.05) is 18.9 Å². The highest BCUT2D eigenvalue weighted by atomic mass is 15.3. The Labute approximate surface area is 113 Å². The molecule has 5 heteroatoms. The molecule has 0 amide bonds. The van der Waals surface area contributed by atoms with Gasteiger partial charge in [-0.15, -0.1) is 6.58 Å². The second-order valence-corrected chi connectivity index (χ2v) is 4.65. The van der Waals surface area contributed by atoms with Crippen LogP contribution in [0.5, 0.6) is 0 Å². The predicted molar refractivity (Wildman–Crippen MR) is 76.3 cm³/mol. The van der Waals surface area contributed by atoms with E-state index < -0.39 is 0 Å². The molecule has 0 saturated carbocycles. The number of nitrogens with one attached hydrogen (secondary N) is 1. The van der Waals surface area contributed by atoms with E-state index in [1.807, 2.05) is 29.2 Å². The number of nitrogens with zero attached hydrogens (tertiary/aromatic N) is 3. The first-order chi connectivity index (χ1) is 9.36. The lowest BCUT2D eigenvalue weighted by molar-refractivity contribution is 0.486. The number of rotatable bonds is 8. The summed E-state index contributed by atoms with van der Waals surface area (Å²) in [5.74, 6) is 5.67.